The first-order chi connectivity index (χ1) is 9.88. The summed E-state index contributed by atoms with van der Waals surface area (Å²) < 4.78 is 10.6. The van der Waals surface area contributed by atoms with Crippen LogP contribution in [0.5, 0.6) is 0 Å². The van der Waals surface area contributed by atoms with Gasteiger partial charge in [-0.25, -0.2) is 4.79 Å². The van der Waals surface area contributed by atoms with Crippen molar-refractivity contribution in [2.24, 2.45) is 5.92 Å². The van der Waals surface area contributed by atoms with Crippen molar-refractivity contribution < 1.29 is 18.5 Å². The third-order valence-electron chi connectivity index (χ3n) is 3.09. The van der Waals surface area contributed by atoms with E-state index in [1.807, 2.05) is 34.6 Å². The van der Waals surface area contributed by atoms with E-state index in [1.165, 1.54) is 19.1 Å². The highest BCUT2D eigenvalue weighted by molar-refractivity contribution is 7.94. The molecule has 0 aromatic carbocycles. The number of alkyl carbamates (subject to hydrolysis) is 1. The Morgan fingerprint density at radius 2 is 1.82 bits per heavy atom. The van der Waals surface area contributed by atoms with Gasteiger partial charge in [-0.2, -0.15) is 0 Å². The predicted molar refractivity (Wildman–Crippen MR) is 91.6 cm³/mol. The number of carbonyl (C=O) groups excluding carboxylic acids is 2. The van der Waals surface area contributed by atoms with E-state index >= 15 is 0 Å². The minimum absolute atomic E-state index is 0. The highest BCUT2D eigenvalue weighted by Gasteiger charge is 2.32. The van der Waals surface area contributed by atoms with Gasteiger partial charge >= 0.3 is 6.09 Å². The van der Waals surface area contributed by atoms with Gasteiger partial charge < -0.3 is 15.0 Å². The van der Waals surface area contributed by atoms with Crippen molar-refractivity contribution in [3.63, 3.8) is 0 Å². The van der Waals surface area contributed by atoms with Gasteiger partial charge in [0.1, 0.15) is 6.73 Å². The lowest BCUT2D eigenvalue weighted by molar-refractivity contribution is -0.148. The van der Waals surface area contributed by atoms with Crippen LogP contribution < -0.4 is 5.32 Å². The lowest BCUT2D eigenvalue weighted by atomic mass is 10.0. The Morgan fingerprint density at radius 1 is 1.23 bits per heavy atom. The Balaban J connectivity index is 0. The number of ether oxygens (including phenoxy) is 1. The molecule has 1 N–H and O–H groups in total. The average molecular weight is 336 g/mol. The van der Waals surface area contributed by atoms with Crippen molar-refractivity contribution in [3.8, 4) is 0 Å². The van der Waals surface area contributed by atoms with Gasteiger partial charge in [-0.3, -0.25) is 8.98 Å². The highest BCUT2D eigenvalue weighted by atomic mass is 32.2. The second-order valence-corrected chi connectivity index (χ2v) is 6.09. The smallest absolute Gasteiger partial charge is 0.407 e. The Hall–Kier alpha value is -0.950. The van der Waals surface area contributed by atoms with Crippen LogP contribution in [0.25, 0.3) is 0 Å². The molecule has 0 fully saturated rings. The molecule has 0 radical (unpaired) electrons. The summed E-state index contributed by atoms with van der Waals surface area (Å²) in [5, 5.41) is 2.37. The SMILES string of the molecule is C.CCSOCN(C(=O)C(OC(=O)NC)C(C)C)C(C)CC. The molecule has 0 heterocycles. The second-order valence-electron chi connectivity index (χ2n) is 5.04. The Morgan fingerprint density at radius 3 is 2.23 bits per heavy atom. The molecule has 2 atom stereocenters. The van der Waals surface area contributed by atoms with Crippen LogP contribution >= 0.6 is 12.0 Å². The van der Waals surface area contributed by atoms with E-state index in [-0.39, 0.29) is 32.0 Å². The zero-order chi connectivity index (χ0) is 16.4. The number of rotatable bonds is 9. The van der Waals surface area contributed by atoms with Crippen LogP contribution in [0.15, 0.2) is 0 Å². The van der Waals surface area contributed by atoms with Gasteiger partial charge in [0.15, 0.2) is 6.10 Å². The largest absolute Gasteiger partial charge is 0.436 e. The number of amides is 2. The van der Waals surface area contributed by atoms with E-state index < -0.39 is 12.2 Å². The third-order valence-corrected chi connectivity index (χ3v) is 3.59. The van der Waals surface area contributed by atoms with Gasteiger partial charge in [0.05, 0.1) is 0 Å². The van der Waals surface area contributed by atoms with Crippen LogP contribution in [0.2, 0.25) is 0 Å². The number of hydrogen-bond donors (Lipinski definition) is 1. The van der Waals surface area contributed by atoms with E-state index in [9.17, 15) is 9.59 Å². The van der Waals surface area contributed by atoms with E-state index in [0.29, 0.717) is 0 Å². The summed E-state index contributed by atoms with van der Waals surface area (Å²) in [6, 6.07) is 0.0180. The molecule has 6 nitrogen and oxygen atoms in total. The van der Waals surface area contributed by atoms with Crippen molar-refractivity contribution in [1.29, 1.82) is 0 Å². The molecule has 132 valence electrons. The first-order valence-corrected chi connectivity index (χ1v) is 8.23. The van der Waals surface area contributed by atoms with Gasteiger partial charge in [0, 0.05) is 18.8 Å². The fourth-order valence-electron chi connectivity index (χ4n) is 1.62. The van der Waals surface area contributed by atoms with E-state index in [0.717, 1.165) is 12.2 Å². The van der Waals surface area contributed by atoms with Crippen molar-refractivity contribution in [1.82, 2.24) is 10.2 Å². The second kappa shape index (κ2) is 12.6. The zero-order valence-corrected chi connectivity index (χ0v) is 14.7. The van der Waals surface area contributed by atoms with Gasteiger partial charge in [-0.1, -0.05) is 35.1 Å². The van der Waals surface area contributed by atoms with Gasteiger partial charge in [0.2, 0.25) is 0 Å². The van der Waals surface area contributed by atoms with Crippen LogP contribution in [0.3, 0.4) is 0 Å². The predicted octanol–water partition coefficient (Wildman–Crippen LogP) is 3.27. The summed E-state index contributed by atoms with van der Waals surface area (Å²) in [4.78, 5) is 25.7. The fourth-order valence-corrected chi connectivity index (χ4v) is 1.97. The summed E-state index contributed by atoms with van der Waals surface area (Å²) in [5.74, 6) is 0.477. The third kappa shape index (κ3) is 7.89. The summed E-state index contributed by atoms with van der Waals surface area (Å²) in [5.41, 5.74) is 0. The molecule has 0 saturated heterocycles. The molecule has 0 bridgehead atoms. The Bertz CT molecular complexity index is 327. The van der Waals surface area contributed by atoms with Crippen LogP contribution in [-0.4, -0.2) is 48.6 Å². The topological polar surface area (TPSA) is 67.9 Å². The van der Waals surface area contributed by atoms with E-state index in [1.54, 1.807) is 4.90 Å². The maximum Gasteiger partial charge on any atom is 0.407 e. The molecule has 0 aromatic rings. The molecular formula is C15H32N2O4S. The van der Waals surface area contributed by atoms with Crippen LogP contribution in [0.1, 0.15) is 48.5 Å². The normalized spacial score (nSPS) is 13.0. The fraction of sp³-hybridized carbons (Fsp3) is 0.867. The van der Waals surface area contributed by atoms with Gasteiger partial charge in [-0.05, 0) is 31.3 Å². The molecular weight excluding hydrogens is 304 g/mol. The molecule has 0 aromatic heterocycles. The summed E-state index contributed by atoms with van der Waals surface area (Å²) in [6.45, 7) is 9.82. The number of nitrogens with zero attached hydrogens (tertiary/aromatic N) is 1. The zero-order valence-electron chi connectivity index (χ0n) is 13.8. The first-order valence-electron chi connectivity index (χ1n) is 7.32. The highest BCUT2D eigenvalue weighted by Crippen LogP contribution is 2.16. The molecule has 0 rings (SSSR count). The van der Waals surface area contributed by atoms with E-state index in [4.69, 9.17) is 8.92 Å². The number of hydrogen-bond acceptors (Lipinski definition) is 5. The average Bonchev–Trinajstić information content (AvgIpc) is 2.47. The molecule has 2 unspecified atom stereocenters. The van der Waals surface area contributed by atoms with Crippen LogP contribution in [-0.2, 0) is 13.7 Å². The summed E-state index contributed by atoms with van der Waals surface area (Å²) >= 11 is 1.31. The Kier molecular flexibility index (Phi) is 13.3. The quantitative estimate of drug-likeness (QED) is 0.397. The number of carbonyl (C=O) groups is 2. The van der Waals surface area contributed by atoms with Crippen molar-refractivity contribution in [2.45, 2.75) is 60.6 Å². The van der Waals surface area contributed by atoms with Crippen LogP contribution in [0.4, 0.5) is 4.79 Å². The molecule has 7 heteroatoms. The van der Waals surface area contributed by atoms with Gasteiger partial charge in [0.25, 0.3) is 5.91 Å². The maximum absolute atomic E-state index is 12.7. The van der Waals surface area contributed by atoms with E-state index in [2.05, 4.69) is 5.32 Å². The van der Waals surface area contributed by atoms with Crippen LogP contribution in [0, 0.1) is 5.92 Å². The molecule has 0 aliphatic heterocycles. The monoisotopic (exact) mass is 336 g/mol. The molecule has 22 heavy (non-hydrogen) atoms. The molecule has 0 aliphatic carbocycles. The minimum Gasteiger partial charge on any atom is -0.436 e. The first kappa shape index (κ1) is 23.3. The molecule has 0 spiro atoms. The summed E-state index contributed by atoms with van der Waals surface area (Å²) in [7, 11) is 1.47. The maximum atomic E-state index is 12.7. The lowest BCUT2D eigenvalue weighted by Gasteiger charge is -2.32. The Labute approximate surface area is 139 Å². The van der Waals surface area contributed by atoms with Crippen molar-refractivity contribution >= 4 is 24.0 Å². The standard InChI is InChI=1S/C14H28N2O4S.CH4/c1-7-11(5)16(9-19-21-8-2)13(17)12(10(3)4)20-14(18)15-6;/h10-12H,7-9H2,1-6H3,(H,15,18);1H4. The molecule has 0 aliphatic rings. The lowest BCUT2D eigenvalue weighted by Crippen LogP contribution is -2.49. The summed E-state index contributed by atoms with van der Waals surface area (Å²) in [6.07, 6.45) is -0.611. The molecule has 0 saturated carbocycles. The minimum atomic E-state index is -0.811. The van der Waals surface area contributed by atoms with Crippen molar-refractivity contribution in [2.75, 3.05) is 19.5 Å². The molecule has 2 amide bonds. The number of nitrogens with one attached hydrogen (secondary N) is 1. The van der Waals surface area contributed by atoms with Crippen molar-refractivity contribution in [3.05, 3.63) is 0 Å². The van der Waals surface area contributed by atoms with Gasteiger partial charge in [-0.15, -0.1) is 0 Å².